The number of halogens is 5. The molecule has 2 unspecified atom stereocenters. The number of para-hydroxylation sites is 1. The summed E-state index contributed by atoms with van der Waals surface area (Å²) in [6.07, 6.45) is -7.77. The number of amides is 1. The van der Waals surface area contributed by atoms with E-state index in [1.807, 2.05) is 0 Å². The van der Waals surface area contributed by atoms with Gasteiger partial charge in [-0.2, -0.15) is 22.8 Å². The summed E-state index contributed by atoms with van der Waals surface area (Å²) < 4.78 is 42.8. The van der Waals surface area contributed by atoms with E-state index in [0.29, 0.717) is 40.3 Å². The molecule has 0 bridgehead atoms. The van der Waals surface area contributed by atoms with Crippen molar-refractivity contribution < 1.29 is 23.1 Å². The zero-order chi connectivity index (χ0) is 30.2. The van der Waals surface area contributed by atoms with E-state index in [-0.39, 0.29) is 24.7 Å². The highest BCUT2D eigenvalue weighted by atomic mass is 35.5. The van der Waals surface area contributed by atoms with Gasteiger partial charge < -0.3 is 21.1 Å². The summed E-state index contributed by atoms with van der Waals surface area (Å²) in [6.45, 7) is -0.361. The van der Waals surface area contributed by atoms with E-state index in [2.05, 4.69) is 20.5 Å². The molecule has 5 rings (SSSR count). The average Bonchev–Trinajstić information content (AvgIpc) is 3.50. The minimum Gasteiger partial charge on any atom is -0.382 e. The Morgan fingerprint density at radius 1 is 1.14 bits per heavy atom. The predicted molar refractivity (Wildman–Crippen MR) is 148 cm³/mol. The second-order valence-electron chi connectivity index (χ2n) is 9.49. The first-order valence-electron chi connectivity index (χ1n) is 12.6. The number of carbonyl (C=O) groups is 1. The van der Waals surface area contributed by atoms with E-state index in [1.165, 1.54) is 28.9 Å². The Bertz CT molecular complexity index is 1650. The molecule has 1 saturated heterocycles. The van der Waals surface area contributed by atoms with Gasteiger partial charge in [-0.25, -0.2) is 9.48 Å². The molecule has 2 aromatic carbocycles. The van der Waals surface area contributed by atoms with Gasteiger partial charge in [0.15, 0.2) is 17.8 Å². The molecule has 0 radical (unpaired) electrons. The van der Waals surface area contributed by atoms with E-state index < -0.39 is 36.5 Å². The summed E-state index contributed by atoms with van der Waals surface area (Å²) in [5.41, 5.74) is 5.35. The molecular weight excluding hydrogens is 602 g/mol. The van der Waals surface area contributed by atoms with E-state index in [9.17, 15) is 27.9 Å². The molecule has 17 heteroatoms. The smallest absolute Gasteiger partial charge is 0.382 e. The van der Waals surface area contributed by atoms with Crippen LogP contribution in [0.5, 0.6) is 0 Å². The first kappa shape index (κ1) is 29.6. The van der Waals surface area contributed by atoms with E-state index >= 15 is 0 Å². The summed E-state index contributed by atoms with van der Waals surface area (Å²) in [5.74, 6) is -0.262. The number of aliphatic hydroxyl groups excluding tert-OH is 1. The fraction of sp³-hybridized carbons (Fsp3) is 0.320. The Morgan fingerprint density at radius 2 is 1.86 bits per heavy atom. The molecule has 12 nitrogen and oxygen atoms in total. The molecule has 0 aliphatic carbocycles. The summed E-state index contributed by atoms with van der Waals surface area (Å²) in [5, 5.41) is 22.3. The van der Waals surface area contributed by atoms with Crippen molar-refractivity contribution in [1.82, 2.24) is 34.4 Å². The Morgan fingerprint density at radius 3 is 2.52 bits per heavy atom. The molecule has 1 fully saturated rings. The summed E-state index contributed by atoms with van der Waals surface area (Å²) in [6, 6.07) is 12.2. The third kappa shape index (κ3) is 6.13. The lowest BCUT2D eigenvalue weighted by atomic mass is 10.2. The van der Waals surface area contributed by atoms with E-state index in [0.717, 1.165) is 9.25 Å². The highest BCUT2D eigenvalue weighted by molar-refractivity contribution is 6.32. The first-order valence-corrected chi connectivity index (χ1v) is 13.3. The number of hydrogen-bond acceptors (Lipinski definition) is 8. The van der Waals surface area contributed by atoms with Gasteiger partial charge in [-0.15, -0.1) is 10.2 Å². The van der Waals surface area contributed by atoms with Crippen molar-refractivity contribution >= 4 is 35.1 Å². The lowest BCUT2D eigenvalue weighted by Gasteiger charge is -2.32. The maximum Gasteiger partial charge on any atom is 0.416 e. The van der Waals surface area contributed by atoms with Crippen LogP contribution in [-0.2, 0) is 17.9 Å². The number of rotatable bonds is 8. The maximum atomic E-state index is 13.3. The number of benzene rings is 2. The quantitative estimate of drug-likeness (QED) is 0.268. The Kier molecular flexibility index (Phi) is 8.28. The summed E-state index contributed by atoms with van der Waals surface area (Å²) in [7, 11) is 0. The van der Waals surface area contributed by atoms with Crippen LogP contribution in [0.15, 0.2) is 53.3 Å². The van der Waals surface area contributed by atoms with Crippen LogP contribution >= 0.6 is 23.2 Å². The SMILES string of the molecule is NC(=O)C1CN(c2nc(Cn3nc(-c4ccc(Cl)cc4)n(CC(O)C(F)(F)F)c3=O)nn2-c2ccccc2Cl)CCN1. The largest absolute Gasteiger partial charge is 0.416 e. The van der Waals surface area contributed by atoms with Crippen LogP contribution in [0, 0.1) is 0 Å². The van der Waals surface area contributed by atoms with Gasteiger partial charge in [0, 0.05) is 30.2 Å². The molecule has 222 valence electrons. The second-order valence-corrected chi connectivity index (χ2v) is 10.3. The van der Waals surface area contributed by atoms with Crippen LogP contribution in [0.4, 0.5) is 19.1 Å². The maximum absolute atomic E-state index is 13.3. The van der Waals surface area contributed by atoms with Gasteiger partial charge in [-0.3, -0.25) is 9.36 Å². The van der Waals surface area contributed by atoms with Crippen LogP contribution in [-0.4, -0.2) is 78.1 Å². The lowest BCUT2D eigenvalue weighted by molar-refractivity contribution is -0.207. The van der Waals surface area contributed by atoms with Gasteiger partial charge >= 0.3 is 11.9 Å². The van der Waals surface area contributed by atoms with E-state index in [4.69, 9.17) is 28.9 Å². The number of carbonyl (C=O) groups excluding carboxylic acids is 1. The number of nitrogens with zero attached hydrogens (tertiary/aromatic N) is 7. The van der Waals surface area contributed by atoms with Crippen LogP contribution in [0.25, 0.3) is 17.1 Å². The molecule has 0 saturated carbocycles. The molecule has 2 atom stereocenters. The normalized spacial score (nSPS) is 16.5. The van der Waals surface area contributed by atoms with Crippen molar-refractivity contribution in [2.45, 2.75) is 31.4 Å². The topological polar surface area (TPSA) is 149 Å². The fourth-order valence-corrected chi connectivity index (χ4v) is 4.80. The molecule has 4 aromatic rings. The molecule has 42 heavy (non-hydrogen) atoms. The number of hydrogen-bond donors (Lipinski definition) is 3. The second kappa shape index (κ2) is 11.8. The highest BCUT2D eigenvalue weighted by Crippen LogP contribution is 2.26. The number of primary amides is 1. The van der Waals surface area contributed by atoms with Crippen LogP contribution in [0.1, 0.15) is 5.82 Å². The third-order valence-electron chi connectivity index (χ3n) is 6.57. The molecule has 1 aliphatic rings. The van der Waals surface area contributed by atoms with Crippen molar-refractivity contribution in [3.8, 4) is 17.1 Å². The minimum atomic E-state index is -4.96. The number of aliphatic hydroxyl groups is 1. The van der Waals surface area contributed by atoms with Gasteiger partial charge in [0.1, 0.15) is 12.6 Å². The Hall–Kier alpha value is -3.92. The third-order valence-corrected chi connectivity index (χ3v) is 7.14. The zero-order valence-electron chi connectivity index (χ0n) is 21.7. The van der Waals surface area contributed by atoms with Crippen molar-refractivity contribution in [2.24, 2.45) is 5.73 Å². The van der Waals surface area contributed by atoms with Crippen molar-refractivity contribution in [3.63, 3.8) is 0 Å². The van der Waals surface area contributed by atoms with Crippen LogP contribution < -0.4 is 21.6 Å². The monoisotopic (exact) mass is 625 g/mol. The van der Waals surface area contributed by atoms with Crippen molar-refractivity contribution in [1.29, 1.82) is 0 Å². The van der Waals surface area contributed by atoms with Gasteiger partial charge in [0.2, 0.25) is 11.9 Å². The van der Waals surface area contributed by atoms with Crippen molar-refractivity contribution in [3.05, 3.63) is 74.9 Å². The van der Waals surface area contributed by atoms with Crippen LogP contribution in [0.3, 0.4) is 0 Å². The standard InChI is InChI=1S/C25H24Cl2F3N9O3/c26-15-7-5-14(6-8-15)22-35-38(24(42)37(22)12-19(40)25(28,29)30)13-20-33-23(36-10-9-32-17(11-36)21(31)41)39(34-20)18-4-2-1-3-16(18)27/h1-8,17,19,32,40H,9-13H2,(H2,31,41). The van der Waals surface area contributed by atoms with Gasteiger partial charge in [-0.05, 0) is 36.4 Å². The van der Waals surface area contributed by atoms with Gasteiger partial charge in [0.05, 0.1) is 17.3 Å². The van der Waals surface area contributed by atoms with Crippen molar-refractivity contribution in [2.75, 3.05) is 24.5 Å². The average molecular weight is 626 g/mol. The van der Waals surface area contributed by atoms with E-state index in [1.54, 1.807) is 29.2 Å². The first-order chi connectivity index (χ1) is 19.9. The number of piperazine rings is 1. The summed E-state index contributed by atoms with van der Waals surface area (Å²) >= 11 is 12.4. The molecule has 3 heterocycles. The lowest BCUT2D eigenvalue weighted by Crippen LogP contribution is -2.56. The molecule has 1 aliphatic heterocycles. The number of aromatic nitrogens is 6. The number of nitrogens with one attached hydrogen (secondary N) is 1. The molecule has 0 spiro atoms. The summed E-state index contributed by atoms with van der Waals surface area (Å²) in [4.78, 5) is 31.6. The highest BCUT2D eigenvalue weighted by Gasteiger charge is 2.39. The molecular formula is C25H24Cl2F3N9O3. The Labute approximate surface area is 246 Å². The Balaban J connectivity index is 1.57. The molecule has 1 amide bonds. The van der Waals surface area contributed by atoms with Crippen LogP contribution in [0.2, 0.25) is 10.0 Å². The zero-order valence-corrected chi connectivity index (χ0v) is 23.2. The van der Waals surface area contributed by atoms with Gasteiger partial charge in [0.25, 0.3) is 0 Å². The van der Waals surface area contributed by atoms with Gasteiger partial charge in [-0.1, -0.05) is 35.3 Å². The fourth-order valence-electron chi connectivity index (χ4n) is 4.46. The minimum absolute atomic E-state index is 0.0878. The number of anilines is 1. The molecule has 4 N–H and O–H groups in total. The number of nitrogens with two attached hydrogens (primary N) is 1. The predicted octanol–water partition coefficient (Wildman–Crippen LogP) is 1.83. The number of alkyl halides is 3. The molecule has 2 aromatic heterocycles.